The number of aliphatic hydroxyl groups excluding tert-OH is 1. The SMILES string of the molecule is O=C(c1cccc(COc2c(Cl)cccc2Cl)n1)N1CCCC(O)C1. The van der Waals surface area contributed by atoms with Crippen LogP contribution in [0.5, 0.6) is 5.75 Å². The molecule has 3 rings (SSSR count). The van der Waals surface area contributed by atoms with Gasteiger partial charge >= 0.3 is 0 Å². The number of hydrogen-bond acceptors (Lipinski definition) is 4. The minimum Gasteiger partial charge on any atom is -0.484 e. The third-order valence-electron chi connectivity index (χ3n) is 3.99. The highest BCUT2D eigenvalue weighted by Crippen LogP contribution is 2.32. The number of hydrogen-bond donors (Lipinski definition) is 1. The summed E-state index contributed by atoms with van der Waals surface area (Å²) in [5.74, 6) is 0.208. The van der Waals surface area contributed by atoms with Gasteiger partial charge in [0.2, 0.25) is 0 Å². The molecule has 0 saturated carbocycles. The van der Waals surface area contributed by atoms with E-state index in [0.717, 1.165) is 12.8 Å². The van der Waals surface area contributed by atoms with E-state index in [-0.39, 0.29) is 12.5 Å². The summed E-state index contributed by atoms with van der Waals surface area (Å²) in [4.78, 5) is 18.5. The average Bonchev–Trinajstić information content (AvgIpc) is 2.61. The zero-order chi connectivity index (χ0) is 17.8. The van der Waals surface area contributed by atoms with Crippen molar-refractivity contribution in [3.05, 3.63) is 57.8 Å². The highest BCUT2D eigenvalue weighted by Gasteiger charge is 2.24. The van der Waals surface area contributed by atoms with E-state index in [1.165, 1.54) is 0 Å². The Morgan fingerprint density at radius 3 is 2.68 bits per heavy atom. The molecule has 0 radical (unpaired) electrons. The largest absolute Gasteiger partial charge is 0.484 e. The van der Waals surface area contributed by atoms with Gasteiger partial charge in [-0.2, -0.15) is 0 Å². The zero-order valence-corrected chi connectivity index (χ0v) is 15.0. The highest BCUT2D eigenvalue weighted by atomic mass is 35.5. The highest BCUT2D eigenvalue weighted by molar-refractivity contribution is 6.37. The summed E-state index contributed by atoms with van der Waals surface area (Å²) >= 11 is 12.2. The number of β-amino-alcohol motifs (C(OH)–C–C–N with tert-alkyl or cyclic N) is 1. The van der Waals surface area contributed by atoms with Crippen molar-refractivity contribution < 1.29 is 14.6 Å². The van der Waals surface area contributed by atoms with E-state index in [1.807, 2.05) is 0 Å². The maximum Gasteiger partial charge on any atom is 0.272 e. The van der Waals surface area contributed by atoms with Gasteiger partial charge in [-0.1, -0.05) is 35.3 Å². The molecule has 1 aromatic carbocycles. The first-order valence-electron chi connectivity index (χ1n) is 8.04. The van der Waals surface area contributed by atoms with Crippen molar-refractivity contribution in [3.63, 3.8) is 0 Å². The number of nitrogens with zero attached hydrogens (tertiary/aromatic N) is 2. The average molecular weight is 381 g/mol. The van der Waals surface area contributed by atoms with E-state index in [2.05, 4.69) is 4.98 Å². The van der Waals surface area contributed by atoms with E-state index in [9.17, 15) is 9.90 Å². The van der Waals surface area contributed by atoms with Gasteiger partial charge in [-0.15, -0.1) is 0 Å². The van der Waals surface area contributed by atoms with Crippen LogP contribution >= 0.6 is 23.2 Å². The molecule has 1 unspecified atom stereocenters. The van der Waals surface area contributed by atoms with Gasteiger partial charge in [0, 0.05) is 13.1 Å². The number of para-hydroxylation sites is 1. The Morgan fingerprint density at radius 1 is 1.24 bits per heavy atom. The van der Waals surface area contributed by atoms with Crippen LogP contribution in [0.1, 0.15) is 29.0 Å². The number of carbonyl (C=O) groups excluding carboxylic acids is 1. The summed E-state index contributed by atoms with van der Waals surface area (Å²) in [6, 6.07) is 10.3. The van der Waals surface area contributed by atoms with Crippen LogP contribution in [0.2, 0.25) is 10.0 Å². The van der Waals surface area contributed by atoms with Crippen LogP contribution in [0.25, 0.3) is 0 Å². The molecule has 1 atom stereocenters. The fraction of sp³-hybridized carbons (Fsp3) is 0.333. The van der Waals surface area contributed by atoms with Crippen molar-refractivity contribution in [2.45, 2.75) is 25.6 Å². The number of aliphatic hydroxyl groups is 1. The predicted octanol–water partition coefficient (Wildman–Crippen LogP) is 3.56. The van der Waals surface area contributed by atoms with Gasteiger partial charge in [0.15, 0.2) is 5.75 Å². The fourth-order valence-electron chi connectivity index (χ4n) is 2.75. The standard InChI is InChI=1S/C18H18Cl2N2O3/c19-14-6-2-7-15(20)17(14)25-11-12-4-1-8-16(21-12)18(24)22-9-3-5-13(23)10-22/h1-2,4,6-8,13,23H,3,5,9-11H2. The Kier molecular flexibility index (Phi) is 5.78. The number of rotatable bonds is 4. The number of carbonyl (C=O) groups is 1. The van der Waals surface area contributed by atoms with Crippen molar-refractivity contribution >= 4 is 29.1 Å². The lowest BCUT2D eigenvalue weighted by molar-refractivity contribution is 0.0468. The Balaban J connectivity index is 1.70. The molecule has 1 aliphatic rings. The number of amides is 1. The maximum absolute atomic E-state index is 12.5. The molecule has 1 amide bonds. The lowest BCUT2D eigenvalue weighted by Crippen LogP contribution is -2.42. The van der Waals surface area contributed by atoms with Crippen molar-refractivity contribution in [2.75, 3.05) is 13.1 Å². The first kappa shape index (κ1) is 18.0. The van der Waals surface area contributed by atoms with Gasteiger partial charge in [0.25, 0.3) is 5.91 Å². The molecule has 7 heteroatoms. The number of benzene rings is 1. The van der Waals surface area contributed by atoms with Crippen LogP contribution in [0, 0.1) is 0 Å². The normalized spacial score (nSPS) is 17.4. The molecule has 0 bridgehead atoms. The molecule has 1 aromatic heterocycles. The lowest BCUT2D eigenvalue weighted by atomic mass is 10.1. The van der Waals surface area contributed by atoms with Crippen LogP contribution in [-0.4, -0.2) is 40.1 Å². The monoisotopic (exact) mass is 380 g/mol. The summed E-state index contributed by atoms with van der Waals surface area (Å²) in [6.45, 7) is 1.12. The van der Waals surface area contributed by atoms with Crippen LogP contribution in [0.4, 0.5) is 0 Å². The van der Waals surface area contributed by atoms with E-state index in [0.29, 0.717) is 40.3 Å². The molecule has 2 aromatic rings. The molecule has 0 spiro atoms. The maximum atomic E-state index is 12.5. The Morgan fingerprint density at radius 2 is 1.96 bits per heavy atom. The van der Waals surface area contributed by atoms with Crippen molar-refractivity contribution in [2.24, 2.45) is 0 Å². The number of ether oxygens (including phenoxy) is 1. The van der Waals surface area contributed by atoms with Gasteiger partial charge in [-0.3, -0.25) is 4.79 Å². The third-order valence-corrected chi connectivity index (χ3v) is 4.59. The molecule has 1 aliphatic heterocycles. The minimum atomic E-state index is -0.466. The molecule has 0 aliphatic carbocycles. The summed E-state index contributed by atoms with van der Waals surface area (Å²) < 4.78 is 5.66. The molecular formula is C18H18Cl2N2O3. The van der Waals surface area contributed by atoms with Crippen LogP contribution in [-0.2, 0) is 6.61 Å². The number of piperidine rings is 1. The van der Waals surface area contributed by atoms with E-state index < -0.39 is 6.10 Å². The van der Waals surface area contributed by atoms with E-state index in [4.69, 9.17) is 27.9 Å². The second-order valence-corrected chi connectivity index (χ2v) is 6.72. The summed E-state index contributed by atoms with van der Waals surface area (Å²) in [6.07, 6.45) is 1.05. The van der Waals surface area contributed by atoms with Crippen LogP contribution in [0.3, 0.4) is 0 Å². The summed E-state index contributed by atoms with van der Waals surface area (Å²) in [5, 5.41) is 10.6. The van der Waals surface area contributed by atoms with Crippen molar-refractivity contribution in [3.8, 4) is 5.75 Å². The Hall–Kier alpha value is -1.82. The minimum absolute atomic E-state index is 0.146. The molecule has 1 N–H and O–H groups in total. The van der Waals surface area contributed by atoms with Gasteiger partial charge in [-0.05, 0) is 37.1 Å². The van der Waals surface area contributed by atoms with Crippen molar-refractivity contribution in [1.82, 2.24) is 9.88 Å². The van der Waals surface area contributed by atoms with Crippen LogP contribution in [0.15, 0.2) is 36.4 Å². The molecule has 25 heavy (non-hydrogen) atoms. The quantitative estimate of drug-likeness (QED) is 0.880. The predicted molar refractivity (Wildman–Crippen MR) is 96.2 cm³/mol. The van der Waals surface area contributed by atoms with Gasteiger partial charge in [0.1, 0.15) is 12.3 Å². The fourth-order valence-corrected chi connectivity index (χ4v) is 3.25. The van der Waals surface area contributed by atoms with Crippen LogP contribution < -0.4 is 4.74 Å². The second kappa shape index (κ2) is 8.04. The number of pyridine rings is 1. The second-order valence-electron chi connectivity index (χ2n) is 5.90. The third kappa shape index (κ3) is 4.42. The van der Waals surface area contributed by atoms with Crippen molar-refractivity contribution in [1.29, 1.82) is 0 Å². The first-order chi connectivity index (χ1) is 12.0. The summed E-state index contributed by atoms with van der Waals surface area (Å²) in [7, 11) is 0. The first-order valence-corrected chi connectivity index (χ1v) is 8.80. The zero-order valence-electron chi connectivity index (χ0n) is 13.5. The number of aromatic nitrogens is 1. The molecule has 1 fully saturated rings. The van der Waals surface area contributed by atoms with Gasteiger partial charge in [-0.25, -0.2) is 4.98 Å². The molecular weight excluding hydrogens is 363 g/mol. The molecule has 132 valence electrons. The van der Waals surface area contributed by atoms with E-state index >= 15 is 0 Å². The Labute approximate surface area is 156 Å². The smallest absolute Gasteiger partial charge is 0.272 e. The molecule has 2 heterocycles. The lowest BCUT2D eigenvalue weighted by Gasteiger charge is -2.29. The summed E-state index contributed by atoms with van der Waals surface area (Å²) in [5.41, 5.74) is 0.930. The molecule has 5 nitrogen and oxygen atoms in total. The van der Waals surface area contributed by atoms with Gasteiger partial charge < -0.3 is 14.7 Å². The topological polar surface area (TPSA) is 62.7 Å². The number of halogens is 2. The number of likely N-dealkylation sites (tertiary alicyclic amines) is 1. The van der Waals surface area contributed by atoms with Gasteiger partial charge in [0.05, 0.1) is 21.8 Å². The molecule has 1 saturated heterocycles. The Bertz CT molecular complexity index is 749. The van der Waals surface area contributed by atoms with E-state index in [1.54, 1.807) is 41.3 Å².